The molecule has 1 aliphatic rings. The number of sulfonamides is 1. The summed E-state index contributed by atoms with van der Waals surface area (Å²) >= 11 is 0. The second-order valence-corrected chi connectivity index (χ2v) is 14.0. The molecule has 0 saturated heterocycles. The molecule has 0 unspecified atom stereocenters. The zero-order valence-corrected chi connectivity index (χ0v) is 26.5. The van der Waals surface area contributed by atoms with Crippen LogP contribution >= 0.6 is 0 Å². The van der Waals surface area contributed by atoms with Gasteiger partial charge in [-0.3, -0.25) is 0 Å². The van der Waals surface area contributed by atoms with E-state index in [0.29, 0.717) is 16.9 Å². The average molecular weight is 638 g/mol. The first-order chi connectivity index (χ1) is 23.6. The van der Waals surface area contributed by atoms with Gasteiger partial charge in [-0.2, -0.15) is 0 Å². The Hall–Kier alpha value is -6.11. The Bertz CT molecular complexity index is 2840. The van der Waals surface area contributed by atoms with Crippen LogP contribution in [0.25, 0.3) is 66.1 Å². The van der Waals surface area contributed by atoms with Crippen LogP contribution in [-0.2, 0) is 10.0 Å². The highest BCUT2D eigenvalue weighted by Gasteiger charge is 2.38. The second-order valence-electron chi connectivity index (χ2n) is 12.2. The predicted molar refractivity (Wildman–Crippen MR) is 196 cm³/mol. The zero-order chi connectivity index (χ0) is 32.0. The van der Waals surface area contributed by atoms with Crippen molar-refractivity contribution in [3.8, 4) is 22.5 Å². The minimum atomic E-state index is -4.04. The molecule has 10 rings (SSSR count). The number of aromatic nitrogens is 2. The monoisotopic (exact) mass is 637 g/mol. The lowest BCUT2D eigenvalue weighted by Gasteiger charge is -2.32. The largest absolute Gasteiger partial charge is 0.309 e. The van der Waals surface area contributed by atoms with Crippen molar-refractivity contribution >= 4 is 65.0 Å². The van der Waals surface area contributed by atoms with Crippen molar-refractivity contribution in [2.45, 2.75) is 4.90 Å². The van der Waals surface area contributed by atoms with Crippen LogP contribution in [0.3, 0.4) is 0 Å². The van der Waals surface area contributed by atoms with E-state index in [1.165, 1.54) is 4.31 Å². The molecule has 0 fully saturated rings. The molecule has 1 aliphatic heterocycles. The number of benzene rings is 7. The SMILES string of the molecule is O=S1(=O)c2cc3c(cc2-c2cc4c5ccccc5n(-c5ccccc5)c4cc2N1c1ccccc1)c1ccccc1n3-c1ccccc1. The Morgan fingerprint density at radius 1 is 0.375 bits per heavy atom. The van der Waals surface area contributed by atoms with Crippen molar-refractivity contribution in [1.29, 1.82) is 0 Å². The van der Waals surface area contributed by atoms with Crippen LogP contribution in [0.2, 0.25) is 0 Å². The molecule has 5 nitrogen and oxygen atoms in total. The highest BCUT2D eigenvalue weighted by molar-refractivity contribution is 7.93. The zero-order valence-electron chi connectivity index (χ0n) is 25.7. The van der Waals surface area contributed by atoms with Crippen molar-refractivity contribution in [3.05, 3.63) is 164 Å². The fraction of sp³-hybridized carbons (Fsp3) is 0. The van der Waals surface area contributed by atoms with Crippen molar-refractivity contribution in [2.75, 3.05) is 4.31 Å². The fourth-order valence-corrected chi connectivity index (χ4v) is 9.30. The van der Waals surface area contributed by atoms with E-state index in [1.807, 2.05) is 84.9 Å². The highest BCUT2D eigenvalue weighted by Crippen LogP contribution is 2.51. The summed E-state index contributed by atoms with van der Waals surface area (Å²) in [5.74, 6) is 0. The van der Waals surface area contributed by atoms with Gasteiger partial charge in [0, 0.05) is 44.0 Å². The number of para-hydroxylation sites is 5. The quantitative estimate of drug-likeness (QED) is 0.194. The van der Waals surface area contributed by atoms with E-state index >= 15 is 8.42 Å². The van der Waals surface area contributed by atoms with Gasteiger partial charge in [0.2, 0.25) is 0 Å². The van der Waals surface area contributed by atoms with Crippen LogP contribution in [-0.4, -0.2) is 17.6 Å². The number of rotatable bonds is 3. The molecule has 2 aromatic heterocycles. The van der Waals surface area contributed by atoms with Crippen LogP contribution in [0, 0.1) is 0 Å². The lowest BCUT2D eigenvalue weighted by atomic mass is 9.98. The van der Waals surface area contributed by atoms with Crippen LogP contribution in [0.15, 0.2) is 169 Å². The first kappa shape index (κ1) is 27.0. The molecule has 0 bridgehead atoms. The first-order valence-corrected chi connectivity index (χ1v) is 17.4. The number of nitrogens with zero attached hydrogens (tertiary/aromatic N) is 3. The smallest absolute Gasteiger partial charge is 0.269 e. The summed E-state index contributed by atoms with van der Waals surface area (Å²) in [5.41, 5.74) is 8.70. The third kappa shape index (κ3) is 3.69. The van der Waals surface area contributed by atoms with Crippen LogP contribution in [0.1, 0.15) is 0 Å². The van der Waals surface area contributed by atoms with E-state index in [2.05, 4.69) is 88.0 Å². The Balaban J connectivity index is 1.37. The highest BCUT2D eigenvalue weighted by atomic mass is 32.2. The Morgan fingerprint density at radius 3 is 1.35 bits per heavy atom. The van der Waals surface area contributed by atoms with Gasteiger partial charge in [-0.1, -0.05) is 91.0 Å². The maximum atomic E-state index is 15.0. The lowest BCUT2D eigenvalue weighted by Crippen LogP contribution is -2.30. The molecule has 7 aromatic carbocycles. The van der Waals surface area contributed by atoms with Crippen molar-refractivity contribution in [1.82, 2.24) is 9.13 Å². The summed E-state index contributed by atoms with van der Waals surface area (Å²) in [7, 11) is -4.04. The molecule has 48 heavy (non-hydrogen) atoms. The molecule has 0 atom stereocenters. The lowest BCUT2D eigenvalue weighted by molar-refractivity contribution is 0.596. The van der Waals surface area contributed by atoms with E-state index in [9.17, 15) is 0 Å². The van der Waals surface area contributed by atoms with Crippen molar-refractivity contribution in [3.63, 3.8) is 0 Å². The van der Waals surface area contributed by atoms with E-state index in [-0.39, 0.29) is 4.90 Å². The third-order valence-electron chi connectivity index (χ3n) is 9.61. The molecule has 0 saturated carbocycles. The maximum absolute atomic E-state index is 15.0. The van der Waals surface area contributed by atoms with Gasteiger partial charge in [0.25, 0.3) is 10.0 Å². The van der Waals surface area contributed by atoms with Gasteiger partial charge in [-0.15, -0.1) is 0 Å². The fourth-order valence-electron chi connectivity index (χ4n) is 7.59. The summed E-state index contributed by atoms with van der Waals surface area (Å²) in [6.45, 7) is 0. The van der Waals surface area contributed by atoms with Gasteiger partial charge in [0.1, 0.15) is 0 Å². The van der Waals surface area contributed by atoms with Crippen LogP contribution in [0.5, 0.6) is 0 Å². The van der Waals surface area contributed by atoms with Gasteiger partial charge in [-0.05, 0) is 72.8 Å². The first-order valence-electron chi connectivity index (χ1n) is 16.0. The molecule has 228 valence electrons. The number of hydrogen-bond acceptors (Lipinski definition) is 2. The summed E-state index contributed by atoms with van der Waals surface area (Å²) in [6, 6.07) is 54.7. The standard InChI is InChI=1S/C42H27N3O2S/c46-48(47)42-27-40-34(32-21-11-13-23-38(32)44(40)29-16-6-2-7-17-29)25-36(42)35-24-33-31-20-10-12-22-37(31)43(28-14-4-1-5-15-28)39(33)26-41(35)45(48)30-18-8-3-9-19-30/h1-27H. The van der Waals surface area contributed by atoms with Crippen LogP contribution < -0.4 is 4.31 Å². The molecule has 6 heteroatoms. The van der Waals surface area contributed by atoms with Crippen LogP contribution in [0.4, 0.5) is 11.4 Å². The molecule has 0 spiro atoms. The molecule has 3 heterocycles. The summed E-state index contributed by atoms with van der Waals surface area (Å²) in [5, 5.41) is 4.26. The topological polar surface area (TPSA) is 47.2 Å². The molecular weight excluding hydrogens is 611 g/mol. The molecular formula is C42H27N3O2S. The van der Waals surface area contributed by atoms with E-state index in [1.54, 1.807) is 0 Å². The Labute approximate surface area is 277 Å². The summed E-state index contributed by atoms with van der Waals surface area (Å²) < 4.78 is 36.0. The molecule has 0 aliphatic carbocycles. The summed E-state index contributed by atoms with van der Waals surface area (Å²) in [6.07, 6.45) is 0. The predicted octanol–water partition coefficient (Wildman–Crippen LogP) is 10.4. The third-order valence-corrected chi connectivity index (χ3v) is 11.4. The van der Waals surface area contributed by atoms with Crippen molar-refractivity contribution < 1.29 is 8.42 Å². The number of anilines is 2. The van der Waals surface area contributed by atoms with E-state index in [4.69, 9.17) is 0 Å². The Morgan fingerprint density at radius 2 is 0.812 bits per heavy atom. The van der Waals surface area contributed by atoms with Gasteiger partial charge < -0.3 is 9.13 Å². The summed E-state index contributed by atoms with van der Waals surface area (Å²) in [4.78, 5) is 0.289. The van der Waals surface area contributed by atoms with E-state index in [0.717, 1.165) is 60.5 Å². The minimum Gasteiger partial charge on any atom is -0.309 e. The molecule has 9 aromatic rings. The second kappa shape index (κ2) is 9.94. The van der Waals surface area contributed by atoms with Gasteiger partial charge >= 0.3 is 0 Å². The van der Waals surface area contributed by atoms with Gasteiger partial charge in [0.05, 0.1) is 38.3 Å². The molecule has 0 amide bonds. The van der Waals surface area contributed by atoms with E-state index < -0.39 is 10.0 Å². The normalized spacial score (nSPS) is 13.7. The minimum absolute atomic E-state index is 0.289. The Kier molecular flexibility index (Phi) is 5.60. The number of hydrogen-bond donors (Lipinski definition) is 0. The average Bonchev–Trinajstić information content (AvgIpc) is 3.63. The van der Waals surface area contributed by atoms with Gasteiger partial charge in [0.15, 0.2) is 0 Å². The van der Waals surface area contributed by atoms with Gasteiger partial charge in [-0.25, -0.2) is 12.7 Å². The molecule has 0 N–H and O–H groups in total. The maximum Gasteiger partial charge on any atom is 0.269 e. The molecule has 0 radical (unpaired) electrons. The number of fused-ring (bicyclic) bond motifs is 9. The van der Waals surface area contributed by atoms with Crippen molar-refractivity contribution in [2.24, 2.45) is 0 Å².